The van der Waals surface area contributed by atoms with Gasteiger partial charge in [-0.05, 0) is 31.2 Å². The Labute approximate surface area is 170 Å². The average molecular weight is 411 g/mol. The van der Waals surface area contributed by atoms with E-state index in [0.29, 0.717) is 32.7 Å². The zero-order valence-corrected chi connectivity index (χ0v) is 18.7. The summed E-state index contributed by atoms with van der Waals surface area (Å²) < 4.78 is 26.8. The van der Waals surface area contributed by atoms with E-state index in [1.807, 2.05) is 30.3 Å². The van der Waals surface area contributed by atoms with Gasteiger partial charge in [0.15, 0.2) is 6.54 Å². The molecule has 1 heterocycles. The van der Waals surface area contributed by atoms with Crippen LogP contribution in [0.25, 0.3) is 0 Å². The van der Waals surface area contributed by atoms with Crippen molar-refractivity contribution in [3.05, 3.63) is 35.9 Å². The molecule has 0 aromatic heterocycles. The SMILES string of the molecule is CC(C)(C)CC(C)(C)NC(=O)C[NH+]1CCN(S(=O)(=O)Cc2ccccc2)CC1. The predicted octanol–water partition coefficient (Wildman–Crippen LogP) is 1.05. The smallest absolute Gasteiger partial charge is 0.275 e. The van der Waals surface area contributed by atoms with Crippen LogP contribution in [0.1, 0.15) is 46.6 Å². The van der Waals surface area contributed by atoms with Gasteiger partial charge in [-0.2, -0.15) is 4.31 Å². The molecule has 0 spiro atoms. The summed E-state index contributed by atoms with van der Waals surface area (Å²) >= 11 is 0. The Hall–Kier alpha value is -1.44. The predicted molar refractivity (Wildman–Crippen MR) is 112 cm³/mol. The first kappa shape index (κ1) is 22.8. The van der Waals surface area contributed by atoms with Gasteiger partial charge in [-0.1, -0.05) is 51.1 Å². The summed E-state index contributed by atoms with van der Waals surface area (Å²) in [6.07, 6.45) is 0.895. The van der Waals surface area contributed by atoms with E-state index in [1.165, 1.54) is 0 Å². The third-order valence-corrected chi connectivity index (χ3v) is 6.73. The molecule has 28 heavy (non-hydrogen) atoms. The Morgan fingerprint density at radius 2 is 1.64 bits per heavy atom. The quantitative estimate of drug-likeness (QED) is 0.706. The fourth-order valence-electron chi connectivity index (χ4n) is 4.15. The number of nitrogens with zero attached hydrogens (tertiary/aromatic N) is 1. The van der Waals surface area contributed by atoms with Crippen molar-refractivity contribution in [1.29, 1.82) is 0 Å². The molecule has 0 bridgehead atoms. The van der Waals surface area contributed by atoms with E-state index in [-0.39, 0.29) is 22.6 Å². The summed E-state index contributed by atoms with van der Waals surface area (Å²) in [6.45, 7) is 13.2. The molecule has 7 heteroatoms. The lowest BCUT2D eigenvalue weighted by Crippen LogP contribution is -3.16. The maximum atomic E-state index is 12.6. The summed E-state index contributed by atoms with van der Waals surface area (Å²) in [7, 11) is -3.32. The monoisotopic (exact) mass is 410 g/mol. The Morgan fingerprint density at radius 3 is 2.18 bits per heavy atom. The summed E-state index contributed by atoms with van der Waals surface area (Å²) in [5.41, 5.74) is 0.690. The highest BCUT2D eigenvalue weighted by Crippen LogP contribution is 2.26. The van der Waals surface area contributed by atoms with Crippen LogP contribution in [0.3, 0.4) is 0 Å². The molecule has 0 atom stereocenters. The number of carbonyl (C=O) groups is 1. The van der Waals surface area contributed by atoms with Gasteiger partial charge in [-0.15, -0.1) is 0 Å². The highest BCUT2D eigenvalue weighted by molar-refractivity contribution is 7.88. The molecule has 1 aromatic carbocycles. The van der Waals surface area contributed by atoms with Crippen molar-refractivity contribution in [2.24, 2.45) is 5.41 Å². The molecule has 1 aliphatic heterocycles. The first-order valence-electron chi connectivity index (χ1n) is 10.0. The van der Waals surface area contributed by atoms with Crippen LogP contribution in [0.4, 0.5) is 0 Å². The summed E-state index contributed by atoms with van der Waals surface area (Å²) in [5.74, 6) is 0.0647. The molecule has 0 aliphatic carbocycles. The van der Waals surface area contributed by atoms with Gasteiger partial charge in [0, 0.05) is 5.54 Å². The van der Waals surface area contributed by atoms with Crippen LogP contribution in [0.2, 0.25) is 0 Å². The molecule has 1 aromatic rings. The topological polar surface area (TPSA) is 70.9 Å². The van der Waals surface area contributed by atoms with Crippen molar-refractivity contribution in [2.75, 3.05) is 32.7 Å². The van der Waals surface area contributed by atoms with Crippen molar-refractivity contribution in [3.63, 3.8) is 0 Å². The fraction of sp³-hybridized carbons (Fsp3) is 0.667. The number of hydrogen-bond donors (Lipinski definition) is 2. The largest absolute Gasteiger partial charge is 0.346 e. The molecule has 1 amide bonds. The van der Waals surface area contributed by atoms with Crippen molar-refractivity contribution in [2.45, 2.75) is 52.3 Å². The molecular formula is C21H36N3O3S+. The summed E-state index contributed by atoms with van der Waals surface area (Å²) in [6, 6.07) is 9.26. The number of piperazine rings is 1. The normalized spacial score (nSPS) is 17.5. The van der Waals surface area contributed by atoms with E-state index in [4.69, 9.17) is 0 Å². The number of carbonyl (C=O) groups excluding carboxylic acids is 1. The van der Waals surface area contributed by atoms with Crippen LogP contribution in [0.15, 0.2) is 30.3 Å². The van der Waals surface area contributed by atoms with E-state index in [1.54, 1.807) is 4.31 Å². The second-order valence-electron chi connectivity index (χ2n) is 9.74. The minimum atomic E-state index is -3.32. The van der Waals surface area contributed by atoms with Crippen LogP contribution in [-0.4, -0.2) is 56.9 Å². The maximum Gasteiger partial charge on any atom is 0.275 e. The molecule has 2 N–H and O–H groups in total. The lowest BCUT2D eigenvalue weighted by atomic mass is 9.82. The van der Waals surface area contributed by atoms with E-state index < -0.39 is 10.0 Å². The number of sulfonamides is 1. The maximum absolute atomic E-state index is 12.6. The molecule has 1 fully saturated rings. The van der Waals surface area contributed by atoms with Gasteiger partial charge < -0.3 is 10.2 Å². The number of nitrogens with one attached hydrogen (secondary N) is 2. The van der Waals surface area contributed by atoms with Crippen molar-refractivity contribution in [1.82, 2.24) is 9.62 Å². The van der Waals surface area contributed by atoms with Crippen LogP contribution in [0.5, 0.6) is 0 Å². The molecule has 1 saturated heterocycles. The van der Waals surface area contributed by atoms with Crippen molar-refractivity contribution < 1.29 is 18.1 Å². The third-order valence-electron chi connectivity index (χ3n) is 4.88. The zero-order chi connectivity index (χ0) is 21.0. The number of amides is 1. The van der Waals surface area contributed by atoms with E-state index in [2.05, 4.69) is 39.9 Å². The lowest BCUT2D eigenvalue weighted by Gasteiger charge is -2.35. The molecule has 1 aliphatic rings. The number of hydrogen-bond acceptors (Lipinski definition) is 3. The van der Waals surface area contributed by atoms with Gasteiger partial charge in [0.1, 0.15) is 0 Å². The Kier molecular flexibility index (Phi) is 7.28. The Bertz CT molecular complexity index is 747. The average Bonchev–Trinajstić information content (AvgIpc) is 2.52. The van der Waals surface area contributed by atoms with Crippen molar-refractivity contribution in [3.8, 4) is 0 Å². The van der Waals surface area contributed by atoms with Gasteiger partial charge in [-0.25, -0.2) is 8.42 Å². The highest BCUT2D eigenvalue weighted by atomic mass is 32.2. The molecule has 0 saturated carbocycles. The molecule has 6 nitrogen and oxygen atoms in total. The minimum absolute atomic E-state index is 0.0323. The van der Waals surface area contributed by atoms with Gasteiger partial charge in [0.2, 0.25) is 10.0 Å². The van der Waals surface area contributed by atoms with E-state index >= 15 is 0 Å². The van der Waals surface area contributed by atoms with Crippen LogP contribution in [-0.2, 0) is 20.6 Å². The minimum Gasteiger partial charge on any atom is -0.346 e. The first-order valence-corrected chi connectivity index (χ1v) is 11.6. The second kappa shape index (κ2) is 8.93. The third kappa shape index (κ3) is 7.53. The van der Waals surface area contributed by atoms with Gasteiger partial charge in [-0.3, -0.25) is 4.79 Å². The van der Waals surface area contributed by atoms with Crippen molar-refractivity contribution >= 4 is 15.9 Å². The summed E-state index contributed by atoms with van der Waals surface area (Å²) in [4.78, 5) is 13.6. The van der Waals surface area contributed by atoms with Gasteiger partial charge >= 0.3 is 0 Å². The van der Waals surface area contributed by atoms with Gasteiger partial charge in [0.05, 0.1) is 31.9 Å². The molecule has 2 rings (SSSR count). The molecule has 0 radical (unpaired) electrons. The van der Waals surface area contributed by atoms with Crippen LogP contribution < -0.4 is 10.2 Å². The van der Waals surface area contributed by atoms with Crippen LogP contribution >= 0.6 is 0 Å². The second-order valence-corrected chi connectivity index (χ2v) is 11.7. The Morgan fingerprint density at radius 1 is 1.07 bits per heavy atom. The highest BCUT2D eigenvalue weighted by Gasteiger charge is 2.32. The molecule has 158 valence electrons. The first-order chi connectivity index (χ1) is 12.9. The Balaban J connectivity index is 1.82. The standard InChI is InChI=1S/C21H35N3O3S/c1-20(2,3)17-21(4,5)22-19(25)15-23-11-13-24(14-12-23)28(26,27)16-18-9-7-6-8-10-18/h6-10H,11-17H2,1-5H3,(H,22,25)/p+1. The molecular weight excluding hydrogens is 374 g/mol. The zero-order valence-electron chi connectivity index (χ0n) is 17.9. The number of benzene rings is 1. The number of quaternary nitrogens is 1. The fourth-order valence-corrected chi connectivity index (χ4v) is 5.69. The van der Waals surface area contributed by atoms with Crippen LogP contribution in [0, 0.1) is 5.41 Å². The van der Waals surface area contributed by atoms with E-state index in [0.717, 1.165) is 16.9 Å². The number of rotatable bonds is 7. The molecule has 0 unspecified atom stereocenters. The van der Waals surface area contributed by atoms with Gasteiger partial charge in [0.25, 0.3) is 5.91 Å². The van der Waals surface area contributed by atoms with E-state index in [9.17, 15) is 13.2 Å². The summed E-state index contributed by atoms with van der Waals surface area (Å²) in [5, 5.41) is 3.14. The lowest BCUT2D eigenvalue weighted by molar-refractivity contribution is -0.895.